The zero-order valence-corrected chi connectivity index (χ0v) is 14.4. The summed E-state index contributed by atoms with van der Waals surface area (Å²) < 4.78 is 48.0. The first-order valence-corrected chi connectivity index (χ1v) is 8.27. The zero-order chi connectivity index (χ0) is 19.5. The SMILES string of the molecule is O=C(NCc1cc(F)ccc1F)c1coc(COc2ccc3c(c2)OCO3)n1. The molecule has 7 nitrogen and oxygen atoms in total. The summed E-state index contributed by atoms with van der Waals surface area (Å²) in [5.41, 5.74) is 0.0318. The van der Waals surface area contributed by atoms with Crippen molar-refractivity contribution in [3.05, 3.63) is 71.4 Å². The van der Waals surface area contributed by atoms with Gasteiger partial charge in [0.2, 0.25) is 12.7 Å². The van der Waals surface area contributed by atoms with Crippen molar-refractivity contribution in [1.29, 1.82) is 0 Å². The molecule has 2 aromatic carbocycles. The van der Waals surface area contributed by atoms with Crippen LogP contribution in [-0.4, -0.2) is 17.7 Å². The monoisotopic (exact) mass is 388 g/mol. The van der Waals surface area contributed by atoms with E-state index in [0.717, 1.165) is 24.5 Å². The van der Waals surface area contributed by atoms with Crippen LogP contribution in [-0.2, 0) is 13.2 Å². The topological polar surface area (TPSA) is 82.8 Å². The highest BCUT2D eigenvalue weighted by molar-refractivity contribution is 5.91. The first-order valence-electron chi connectivity index (χ1n) is 8.27. The van der Waals surface area contributed by atoms with Crippen LogP contribution >= 0.6 is 0 Å². The van der Waals surface area contributed by atoms with Gasteiger partial charge in [0.05, 0.1) is 0 Å². The van der Waals surface area contributed by atoms with E-state index in [1.54, 1.807) is 18.2 Å². The molecule has 144 valence electrons. The van der Waals surface area contributed by atoms with Gasteiger partial charge in [-0.15, -0.1) is 0 Å². The minimum Gasteiger partial charge on any atom is -0.484 e. The second kappa shape index (κ2) is 7.55. The number of nitrogens with zero attached hydrogens (tertiary/aromatic N) is 1. The number of aromatic nitrogens is 1. The van der Waals surface area contributed by atoms with Crippen molar-refractivity contribution in [3.8, 4) is 17.2 Å². The van der Waals surface area contributed by atoms with E-state index in [2.05, 4.69) is 10.3 Å². The van der Waals surface area contributed by atoms with Gasteiger partial charge in [-0.25, -0.2) is 13.8 Å². The third kappa shape index (κ3) is 3.88. The summed E-state index contributed by atoms with van der Waals surface area (Å²) in [4.78, 5) is 16.1. The maximum atomic E-state index is 13.6. The number of halogens is 2. The van der Waals surface area contributed by atoms with Crippen molar-refractivity contribution in [2.45, 2.75) is 13.2 Å². The van der Waals surface area contributed by atoms with Crippen LogP contribution in [0.5, 0.6) is 17.2 Å². The van der Waals surface area contributed by atoms with Crippen molar-refractivity contribution >= 4 is 5.91 Å². The molecule has 0 fully saturated rings. The lowest BCUT2D eigenvalue weighted by Crippen LogP contribution is -2.23. The summed E-state index contributed by atoms with van der Waals surface area (Å²) in [5, 5.41) is 2.46. The quantitative estimate of drug-likeness (QED) is 0.698. The van der Waals surface area contributed by atoms with Crippen LogP contribution in [0.25, 0.3) is 0 Å². The minimum absolute atomic E-state index is 0.00102. The Kier molecular flexibility index (Phi) is 4.79. The van der Waals surface area contributed by atoms with Crippen molar-refractivity contribution < 1.29 is 32.2 Å². The number of benzene rings is 2. The summed E-state index contributed by atoms with van der Waals surface area (Å²) in [6, 6.07) is 8.12. The standard InChI is InChI=1S/C19H14F2N2O5/c20-12-1-3-14(21)11(5-12)7-22-19(24)15-8-26-18(23-15)9-25-13-2-4-16-17(6-13)28-10-27-16/h1-6,8H,7,9-10H2,(H,22,24). The molecule has 28 heavy (non-hydrogen) atoms. The molecule has 2 heterocycles. The number of hydrogen-bond donors (Lipinski definition) is 1. The van der Waals surface area contributed by atoms with Gasteiger partial charge in [-0.05, 0) is 30.3 Å². The molecular formula is C19H14F2N2O5. The Hall–Kier alpha value is -3.62. The molecule has 9 heteroatoms. The van der Waals surface area contributed by atoms with Crippen LogP contribution in [0.15, 0.2) is 47.1 Å². The predicted octanol–water partition coefficient (Wildman–Crippen LogP) is 3.19. The Morgan fingerprint density at radius 1 is 1.14 bits per heavy atom. The van der Waals surface area contributed by atoms with Crippen molar-refractivity contribution in [3.63, 3.8) is 0 Å². The number of hydrogen-bond acceptors (Lipinski definition) is 6. The lowest BCUT2D eigenvalue weighted by molar-refractivity contribution is 0.0945. The third-order valence-corrected chi connectivity index (χ3v) is 3.94. The largest absolute Gasteiger partial charge is 0.484 e. The number of carbonyl (C=O) groups excluding carboxylic acids is 1. The Morgan fingerprint density at radius 2 is 2.00 bits per heavy atom. The molecule has 0 saturated heterocycles. The molecule has 1 aliphatic heterocycles. The summed E-state index contributed by atoms with van der Waals surface area (Å²) in [5.74, 6) is 0.137. The van der Waals surface area contributed by atoms with E-state index < -0.39 is 17.5 Å². The normalized spacial score (nSPS) is 12.1. The second-order valence-electron chi connectivity index (χ2n) is 5.85. The average molecular weight is 388 g/mol. The molecule has 1 aromatic heterocycles. The molecule has 0 atom stereocenters. The molecule has 4 rings (SSSR count). The van der Waals surface area contributed by atoms with Crippen LogP contribution in [0.2, 0.25) is 0 Å². The lowest BCUT2D eigenvalue weighted by atomic mass is 10.2. The molecular weight excluding hydrogens is 374 g/mol. The van der Waals surface area contributed by atoms with Crippen molar-refractivity contribution in [1.82, 2.24) is 10.3 Å². The number of amides is 1. The van der Waals surface area contributed by atoms with Gasteiger partial charge in [-0.2, -0.15) is 0 Å². The Balaban J connectivity index is 1.33. The fourth-order valence-electron chi connectivity index (χ4n) is 2.54. The van der Waals surface area contributed by atoms with E-state index >= 15 is 0 Å². The van der Waals surface area contributed by atoms with E-state index in [0.29, 0.717) is 17.2 Å². The maximum Gasteiger partial charge on any atom is 0.273 e. The smallest absolute Gasteiger partial charge is 0.273 e. The van der Waals surface area contributed by atoms with Crippen molar-refractivity contribution in [2.24, 2.45) is 0 Å². The van der Waals surface area contributed by atoms with Crippen LogP contribution in [0.3, 0.4) is 0 Å². The molecule has 0 radical (unpaired) electrons. The second-order valence-corrected chi connectivity index (χ2v) is 5.85. The molecule has 1 N–H and O–H groups in total. The highest BCUT2D eigenvalue weighted by Gasteiger charge is 2.16. The van der Waals surface area contributed by atoms with Gasteiger partial charge in [0.15, 0.2) is 23.8 Å². The number of rotatable bonds is 6. The minimum atomic E-state index is -0.611. The van der Waals surface area contributed by atoms with Crippen LogP contribution in [0.1, 0.15) is 21.9 Å². The molecule has 0 unspecified atom stereocenters. The third-order valence-electron chi connectivity index (χ3n) is 3.94. The molecule has 0 spiro atoms. The van der Waals surface area contributed by atoms with Gasteiger partial charge in [0, 0.05) is 18.2 Å². The predicted molar refractivity (Wildman–Crippen MR) is 90.9 cm³/mol. The van der Waals surface area contributed by atoms with Crippen LogP contribution < -0.4 is 19.5 Å². The van der Waals surface area contributed by atoms with E-state index in [-0.39, 0.29) is 37.1 Å². The van der Waals surface area contributed by atoms with Crippen LogP contribution in [0.4, 0.5) is 8.78 Å². The molecule has 1 amide bonds. The number of nitrogens with one attached hydrogen (secondary N) is 1. The Morgan fingerprint density at radius 3 is 2.89 bits per heavy atom. The molecule has 0 saturated carbocycles. The maximum absolute atomic E-state index is 13.6. The summed E-state index contributed by atoms with van der Waals surface area (Å²) >= 11 is 0. The van der Waals surface area contributed by atoms with E-state index in [4.69, 9.17) is 18.6 Å². The fraction of sp³-hybridized carbons (Fsp3) is 0.158. The number of oxazole rings is 1. The average Bonchev–Trinajstić information content (AvgIpc) is 3.35. The highest BCUT2D eigenvalue weighted by Crippen LogP contribution is 2.35. The van der Waals surface area contributed by atoms with Crippen LogP contribution in [0, 0.1) is 11.6 Å². The number of carbonyl (C=O) groups is 1. The van der Waals surface area contributed by atoms with E-state index in [9.17, 15) is 13.6 Å². The molecule has 0 bridgehead atoms. The van der Waals surface area contributed by atoms with E-state index in [1.165, 1.54) is 0 Å². The summed E-state index contributed by atoms with van der Waals surface area (Å²) in [6.45, 7) is -0.0275. The first-order chi connectivity index (χ1) is 13.6. The highest BCUT2D eigenvalue weighted by atomic mass is 19.1. The number of ether oxygens (including phenoxy) is 3. The lowest BCUT2D eigenvalue weighted by Gasteiger charge is -2.05. The molecule has 1 aliphatic rings. The number of fused-ring (bicyclic) bond motifs is 1. The van der Waals surface area contributed by atoms with Gasteiger partial charge >= 0.3 is 0 Å². The first kappa shape index (κ1) is 17.8. The Bertz CT molecular complexity index is 1020. The van der Waals surface area contributed by atoms with Gasteiger partial charge < -0.3 is 23.9 Å². The van der Waals surface area contributed by atoms with Crippen molar-refractivity contribution in [2.75, 3.05) is 6.79 Å². The fourth-order valence-corrected chi connectivity index (χ4v) is 2.54. The summed E-state index contributed by atoms with van der Waals surface area (Å²) in [7, 11) is 0. The van der Waals surface area contributed by atoms with Gasteiger partial charge in [0.1, 0.15) is 23.6 Å². The van der Waals surface area contributed by atoms with E-state index in [1.807, 2.05) is 0 Å². The molecule has 0 aliphatic carbocycles. The zero-order valence-electron chi connectivity index (χ0n) is 14.4. The summed E-state index contributed by atoms with van der Waals surface area (Å²) in [6.07, 6.45) is 1.16. The van der Waals surface area contributed by atoms with Gasteiger partial charge in [-0.1, -0.05) is 0 Å². The van der Waals surface area contributed by atoms with Gasteiger partial charge in [-0.3, -0.25) is 4.79 Å². The molecule has 3 aromatic rings. The Labute approximate surface area is 157 Å². The van der Waals surface area contributed by atoms with Gasteiger partial charge in [0.25, 0.3) is 5.91 Å².